The van der Waals surface area contributed by atoms with Gasteiger partial charge >= 0.3 is 0 Å². The van der Waals surface area contributed by atoms with Gasteiger partial charge < -0.3 is 15.0 Å². The number of ether oxygens (including phenoxy) is 1. The minimum absolute atomic E-state index is 0.142. The molecule has 3 aromatic rings. The number of anilines is 2. The molecule has 0 unspecified atom stereocenters. The Kier molecular flexibility index (Phi) is 9.79. The molecule has 41 heavy (non-hydrogen) atoms. The van der Waals surface area contributed by atoms with E-state index in [2.05, 4.69) is 26.1 Å². The van der Waals surface area contributed by atoms with E-state index in [0.717, 1.165) is 40.6 Å². The van der Waals surface area contributed by atoms with Gasteiger partial charge in [-0.3, -0.25) is 29.4 Å². The maximum Gasteiger partial charge on any atom is 0.293 e. The molecule has 3 amide bonds. The van der Waals surface area contributed by atoms with Crippen LogP contribution in [-0.4, -0.2) is 46.6 Å². The van der Waals surface area contributed by atoms with Crippen molar-refractivity contribution >= 4 is 67.9 Å². The molecule has 1 N–H and O–H groups in total. The van der Waals surface area contributed by atoms with Crippen molar-refractivity contribution in [3.05, 3.63) is 97.3 Å². The van der Waals surface area contributed by atoms with Crippen LogP contribution < -0.4 is 15.0 Å². The first-order chi connectivity index (χ1) is 19.7. The maximum absolute atomic E-state index is 13.2. The monoisotopic (exact) mass is 638 g/mol. The number of hydrogen-bond donors (Lipinski definition) is 1. The standard InChI is InChI=1S/C29H27BrN4O6S/c1-3-32(4-2)23-12-11-20(14-26-28(36)33(29(37)41-26)17-19-7-5-8-21(30)13-19)25(16-23)40-18-27(35)31-22-9-6-10-24(15-22)34(38)39/h5-16H,3-4,17-18H2,1-2H3,(H,31,35)/b26-14+. The lowest BCUT2D eigenvalue weighted by Gasteiger charge is -2.22. The maximum atomic E-state index is 13.2. The fourth-order valence-electron chi connectivity index (χ4n) is 4.19. The third-order valence-electron chi connectivity index (χ3n) is 6.22. The molecule has 1 saturated heterocycles. The molecule has 10 nitrogen and oxygen atoms in total. The van der Waals surface area contributed by atoms with E-state index < -0.39 is 16.7 Å². The van der Waals surface area contributed by atoms with Gasteiger partial charge in [-0.1, -0.05) is 34.1 Å². The van der Waals surface area contributed by atoms with Crippen LogP contribution in [0.25, 0.3) is 6.08 Å². The van der Waals surface area contributed by atoms with E-state index in [-0.39, 0.29) is 34.7 Å². The lowest BCUT2D eigenvalue weighted by Crippen LogP contribution is -2.27. The van der Waals surface area contributed by atoms with Crippen LogP contribution in [0.5, 0.6) is 5.75 Å². The largest absolute Gasteiger partial charge is 0.483 e. The number of nitrogens with zero attached hydrogens (tertiary/aromatic N) is 3. The molecule has 12 heteroatoms. The van der Waals surface area contributed by atoms with E-state index in [1.807, 2.05) is 44.2 Å². The molecule has 0 aliphatic carbocycles. The summed E-state index contributed by atoms with van der Waals surface area (Å²) >= 11 is 4.25. The number of imide groups is 1. The predicted octanol–water partition coefficient (Wildman–Crippen LogP) is 6.46. The summed E-state index contributed by atoms with van der Waals surface area (Å²) in [7, 11) is 0. The molecule has 3 aromatic carbocycles. The van der Waals surface area contributed by atoms with Crippen molar-refractivity contribution < 1.29 is 24.0 Å². The van der Waals surface area contributed by atoms with Crippen molar-refractivity contribution in [2.24, 2.45) is 0 Å². The predicted molar refractivity (Wildman–Crippen MR) is 163 cm³/mol. The number of nitro groups is 1. The van der Waals surface area contributed by atoms with Crippen LogP contribution >= 0.6 is 27.7 Å². The summed E-state index contributed by atoms with van der Waals surface area (Å²) in [6, 6.07) is 18.5. The quantitative estimate of drug-likeness (QED) is 0.144. The number of thioether (sulfide) groups is 1. The average molecular weight is 640 g/mol. The van der Waals surface area contributed by atoms with Gasteiger partial charge in [-0.2, -0.15) is 0 Å². The number of hydrogen-bond acceptors (Lipinski definition) is 8. The Morgan fingerprint density at radius 3 is 2.56 bits per heavy atom. The number of nitrogens with one attached hydrogen (secondary N) is 1. The Balaban J connectivity index is 1.55. The molecule has 0 radical (unpaired) electrons. The second-order valence-electron chi connectivity index (χ2n) is 8.94. The number of amides is 3. The molecule has 0 bridgehead atoms. The molecule has 1 heterocycles. The molecule has 0 aromatic heterocycles. The van der Waals surface area contributed by atoms with Gasteiger partial charge in [-0.25, -0.2) is 0 Å². The van der Waals surface area contributed by atoms with Gasteiger partial charge in [0.25, 0.3) is 22.7 Å². The van der Waals surface area contributed by atoms with Gasteiger partial charge in [0, 0.05) is 52.7 Å². The molecular weight excluding hydrogens is 612 g/mol. The van der Waals surface area contributed by atoms with Crippen LogP contribution in [0.15, 0.2) is 76.1 Å². The van der Waals surface area contributed by atoms with Gasteiger partial charge in [-0.05, 0) is 67.6 Å². The Hall–Kier alpha value is -4.16. The van der Waals surface area contributed by atoms with E-state index >= 15 is 0 Å². The highest BCUT2D eigenvalue weighted by Gasteiger charge is 2.35. The number of non-ortho nitro benzene ring substituents is 1. The fraction of sp³-hybridized carbons (Fsp3) is 0.207. The lowest BCUT2D eigenvalue weighted by molar-refractivity contribution is -0.384. The molecule has 4 rings (SSSR count). The van der Waals surface area contributed by atoms with Gasteiger partial charge in [0.1, 0.15) is 5.75 Å². The minimum Gasteiger partial charge on any atom is -0.483 e. The van der Waals surface area contributed by atoms with Crippen LogP contribution in [-0.2, 0) is 16.1 Å². The topological polar surface area (TPSA) is 122 Å². The highest BCUT2D eigenvalue weighted by Crippen LogP contribution is 2.36. The number of benzene rings is 3. The molecule has 1 fully saturated rings. The molecule has 1 aliphatic heterocycles. The van der Waals surface area contributed by atoms with Crippen molar-refractivity contribution in [1.82, 2.24) is 4.90 Å². The summed E-state index contributed by atoms with van der Waals surface area (Å²) in [5.41, 5.74) is 2.32. The van der Waals surface area contributed by atoms with E-state index in [1.165, 1.54) is 23.1 Å². The molecule has 0 spiro atoms. The number of nitro benzene ring substituents is 1. The zero-order valence-corrected chi connectivity index (χ0v) is 24.7. The van der Waals surface area contributed by atoms with Crippen molar-refractivity contribution in [2.75, 3.05) is 29.9 Å². The Labute approximate surface area is 249 Å². The van der Waals surface area contributed by atoms with Crippen LogP contribution in [0.3, 0.4) is 0 Å². The zero-order chi connectivity index (χ0) is 29.5. The third kappa shape index (κ3) is 7.53. The van der Waals surface area contributed by atoms with E-state index in [0.29, 0.717) is 11.3 Å². The second kappa shape index (κ2) is 13.5. The molecule has 212 valence electrons. The van der Waals surface area contributed by atoms with Crippen LogP contribution in [0.1, 0.15) is 25.0 Å². The Morgan fingerprint density at radius 2 is 1.85 bits per heavy atom. The van der Waals surface area contributed by atoms with E-state index in [9.17, 15) is 24.5 Å². The molecular formula is C29H27BrN4O6S. The van der Waals surface area contributed by atoms with Crippen molar-refractivity contribution in [1.29, 1.82) is 0 Å². The summed E-state index contributed by atoms with van der Waals surface area (Å²) in [6.07, 6.45) is 1.59. The van der Waals surface area contributed by atoms with Gasteiger partial charge in [0.15, 0.2) is 6.61 Å². The Bertz CT molecular complexity index is 1520. The highest BCUT2D eigenvalue weighted by atomic mass is 79.9. The summed E-state index contributed by atoms with van der Waals surface area (Å²) in [5.74, 6) is -0.580. The van der Waals surface area contributed by atoms with Crippen LogP contribution in [0, 0.1) is 10.1 Å². The van der Waals surface area contributed by atoms with Gasteiger partial charge in [0.05, 0.1) is 16.4 Å². The first-order valence-corrected chi connectivity index (χ1v) is 14.3. The summed E-state index contributed by atoms with van der Waals surface area (Å²) in [6.45, 7) is 5.30. The number of carbonyl (C=O) groups is 3. The number of halogens is 1. The van der Waals surface area contributed by atoms with Crippen molar-refractivity contribution in [3.63, 3.8) is 0 Å². The number of rotatable bonds is 11. The Morgan fingerprint density at radius 1 is 1.10 bits per heavy atom. The summed E-state index contributed by atoms with van der Waals surface area (Å²) < 4.78 is 6.74. The minimum atomic E-state index is -0.544. The van der Waals surface area contributed by atoms with Gasteiger partial charge in [-0.15, -0.1) is 0 Å². The second-order valence-corrected chi connectivity index (χ2v) is 10.8. The fourth-order valence-corrected chi connectivity index (χ4v) is 5.46. The van der Waals surface area contributed by atoms with E-state index in [4.69, 9.17) is 4.74 Å². The summed E-state index contributed by atoms with van der Waals surface area (Å²) in [4.78, 5) is 52.6. The van der Waals surface area contributed by atoms with Crippen molar-refractivity contribution in [2.45, 2.75) is 20.4 Å². The zero-order valence-electron chi connectivity index (χ0n) is 22.3. The lowest BCUT2D eigenvalue weighted by atomic mass is 10.1. The summed E-state index contributed by atoms with van der Waals surface area (Å²) in [5, 5.41) is 13.3. The SMILES string of the molecule is CCN(CC)c1ccc(/C=C2/SC(=O)N(Cc3cccc(Br)c3)C2=O)c(OCC(=O)Nc2cccc([N+](=O)[O-])c2)c1. The third-order valence-corrected chi connectivity index (χ3v) is 7.62. The highest BCUT2D eigenvalue weighted by molar-refractivity contribution is 9.10. The first kappa shape index (κ1) is 29.8. The van der Waals surface area contributed by atoms with Crippen LogP contribution in [0.4, 0.5) is 21.9 Å². The molecule has 1 aliphatic rings. The first-order valence-electron chi connectivity index (χ1n) is 12.7. The van der Waals surface area contributed by atoms with Crippen molar-refractivity contribution in [3.8, 4) is 5.75 Å². The number of carbonyl (C=O) groups excluding carboxylic acids is 3. The van der Waals surface area contributed by atoms with E-state index in [1.54, 1.807) is 24.3 Å². The van der Waals surface area contributed by atoms with Crippen LogP contribution in [0.2, 0.25) is 0 Å². The molecule has 0 atom stereocenters. The molecule has 0 saturated carbocycles. The average Bonchev–Trinajstić information content (AvgIpc) is 3.21. The normalized spacial score (nSPS) is 13.9. The van der Waals surface area contributed by atoms with Gasteiger partial charge in [0.2, 0.25) is 0 Å². The smallest absolute Gasteiger partial charge is 0.293 e.